The van der Waals surface area contributed by atoms with Crippen molar-refractivity contribution in [3.05, 3.63) is 53.3 Å². The molecule has 1 aromatic carbocycles. The Hall–Kier alpha value is -2.10. The molecule has 1 atom stereocenters. The molecule has 0 bridgehead atoms. The molecule has 126 valence electrons. The van der Waals surface area contributed by atoms with Crippen molar-refractivity contribution in [1.82, 2.24) is 14.7 Å². The van der Waals surface area contributed by atoms with Crippen molar-refractivity contribution in [3.8, 4) is 0 Å². The summed E-state index contributed by atoms with van der Waals surface area (Å²) in [4.78, 5) is 15.2. The minimum Gasteiger partial charge on any atom is -0.336 e. The fourth-order valence-electron chi connectivity index (χ4n) is 4.15. The van der Waals surface area contributed by atoms with Gasteiger partial charge in [-0.15, -0.1) is 0 Å². The molecular formula is C20H25N3O. The quantitative estimate of drug-likeness (QED) is 0.864. The molecule has 0 spiro atoms. The van der Waals surface area contributed by atoms with E-state index in [0.717, 1.165) is 44.3 Å². The predicted molar refractivity (Wildman–Crippen MR) is 94.0 cm³/mol. The molecule has 2 aromatic rings. The highest BCUT2D eigenvalue weighted by atomic mass is 16.2. The highest BCUT2D eigenvalue weighted by Crippen LogP contribution is 2.26. The summed E-state index contributed by atoms with van der Waals surface area (Å²) in [5, 5.41) is 4.28. The Balaban J connectivity index is 1.48. The number of aromatic nitrogens is 2. The van der Waals surface area contributed by atoms with Crippen LogP contribution in [-0.2, 0) is 19.4 Å². The first kappa shape index (κ1) is 15.4. The number of hydrogen-bond acceptors (Lipinski definition) is 2. The summed E-state index contributed by atoms with van der Waals surface area (Å²) in [6.07, 6.45) is 11.8. The van der Waals surface area contributed by atoms with Gasteiger partial charge < -0.3 is 4.90 Å². The van der Waals surface area contributed by atoms with Gasteiger partial charge in [-0.05, 0) is 74.3 Å². The van der Waals surface area contributed by atoms with Crippen molar-refractivity contribution < 1.29 is 4.79 Å². The first-order valence-corrected chi connectivity index (χ1v) is 9.21. The van der Waals surface area contributed by atoms with Gasteiger partial charge in [0.15, 0.2) is 0 Å². The second kappa shape index (κ2) is 6.80. The topological polar surface area (TPSA) is 38.1 Å². The Morgan fingerprint density at radius 3 is 2.96 bits per heavy atom. The van der Waals surface area contributed by atoms with E-state index in [9.17, 15) is 4.79 Å². The highest BCUT2D eigenvalue weighted by molar-refractivity contribution is 5.94. The standard InChI is InChI=1S/C20H25N3O/c24-20(18-9-8-16-5-3-6-17(16)15-18)23-13-2-1-7-19(23)10-14-22-12-4-11-21-22/h4,8-9,11-12,15,19H,1-3,5-7,10,13-14H2/t19-/m0/s1. The summed E-state index contributed by atoms with van der Waals surface area (Å²) < 4.78 is 1.96. The number of piperidine rings is 1. The summed E-state index contributed by atoms with van der Waals surface area (Å²) in [6, 6.07) is 8.63. The normalized spacial score (nSPS) is 20.2. The molecule has 2 heterocycles. The van der Waals surface area contributed by atoms with Crippen LogP contribution in [0.2, 0.25) is 0 Å². The SMILES string of the molecule is O=C(c1ccc2c(c1)CCC2)N1CCCC[C@H]1CCn1cccn1. The van der Waals surface area contributed by atoms with Gasteiger partial charge in [-0.3, -0.25) is 9.48 Å². The smallest absolute Gasteiger partial charge is 0.254 e. The lowest BCUT2D eigenvalue weighted by Crippen LogP contribution is -2.44. The number of carbonyl (C=O) groups excluding carboxylic acids is 1. The van der Waals surface area contributed by atoms with Crippen molar-refractivity contribution in [2.45, 2.75) is 57.5 Å². The van der Waals surface area contributed by atoms with Crippen LogP contribution in [-0.4, -0.2) is 33.2 Å². The van der Waals surface area contributed by atoms with E-state index in [1.807, 2.05) is 29.2 Å². The maximum absolute atomic E-state index is 13.1. The Morgan fingerprint density at radius 2 is 2.08 bits per heavy atom. The maximum Gasteiger partial charge on any atom is 0.254 e. The third-order valence-electron chi connectivity index (χ3n) is 5.48. The molecule has 0 unspecified atom stereocenters. The molecule has 4 heteroatoms. The molecule has 1 saturated heterocycles. The Bertz CT molecular complexity index is 708. The van der Waals surface area contributed by atoms with Crippen LogP contribution in [0.5, 0.6) is 0 Å². The van der Waals surface area contributed by atoms with E-state index in [-0.39, 0.29) is 5.91 Å². The second-order valence-electron chi connectivity index (χ2n) is 7.04. The van der Waals surface area contributed by atoms with Crippen LogP contribution in [0.1, 0.15) is 53.6 Å². The van der Waals surface area contributed by atoms with Gasteiger partial charge in [-0.25, -0.2) is 0 Å². The molecular weight excluding hydrogens is 298 g/mol. The van der Waals surface area contributed by atoms with Crippen LogP contribution < -0.4 is 0 Å². The fourth-order valence-corrected chi connectivity index (χ4v) is 4.15. The van der Waals surface area contributed by atoms with E-state index in [1.165, 1.54) is 30.4 Å². The summed E-state index contributed by atoms with van der Waals surface area (Å²) in [6.45, 7) is 1.77. The molecule has 24 heavy (non-hydrogen) atoms. The molecule has 0 saturated carbocycles. The minimum absolute atomic E-state index is 0.217. The number of hydrogen-bond donors (Lipinski definition) is 0. The predicted octanol–water partition coefficient (Wildman–Crippen LogP) is 3.46. The van der Waals surface area contributed by atoms with Crippen LogP contribution in [0.4, 0.5) is 0 Å². The lowest BCUT2D eigenvalue weighted by atomic mass is 9.97. The Morgan fingerprint density at radius 1 is 1.17 bits per heavy atom. The van der Waals surface area contributed by atoms with Gasteiger partial charge in [0.1, 0.15) is 0 Å². The number of rotatable bonds is 4. The lowest BCUT2D eigenvalue weighted by molar-refractivity contribution is 0.0594. The zero-order chi connectivity index (χ0) is 16.4. The summed E-state index contributed by atoms with van der Waals surface area (Å²) in [5.41, 5.74) is 3.69. The molecule has 1 fully saturated rings. The first-order chi connectivity index (χ1) is 11.8. The van der Waals surface area contributed by atoms with E-state index in [1.54, 1.807) is 0 Å². The van der Waals surface area contributed by atoms with Crippen LogP contribution in [0.15, 0.2) is 36.7 Å². The van der Waals surface area contributed by atoms with Gasteiger partial charge >= 0.3 is 0 Å². The number of fused-ring (bicyclic) bond motifs is 1. The molecule has 1 aliphatic heterocycles. The number of nitrogens with zero attached hydrogens (tertiary/aromatic N) is 3. The van der Waals surface area contributed by atoms with Gasteiger partial charge in [-0.1, -0.05) is 6.07 Å². The molecule has 2 aliphatic rings. The van der Waals surface area contributed by atoms with Crippen molar-refractivity contribution in [2.75, 3.05) is 6.54 Å². The van der Waals surface area contributed by atoms with Gasteiger partial charge in [0.2, 0.25) is 0 Å². The summed E-state index contributed by atoms with van der Waals surface area (Å²) in [7, 11) is 0. The number of amides is 1. The highest BCUT2D eigenvalue weighted by Gasteiger charge is 2.28. The monoisotopic (exact) mass is 323 g/mol. The lowest BCUT2D eigenvalue weighted by Gasteiger charge is -2.36. The average Bonchev–Trinajstić information content (AvgIpc) is 3.30. The van der Waals surface area contributed by atoms with Gasteiger partial charge in [0.25, 0.3) is 5.91 Å². The molecule has 1 amide bonds. The molecule has 1 aliphatic carbocycles. The molecule has 4 nitrogen and oxygen atoms in total. The number of likely N-dealkylation sites (tertiary alicyclic amines) is 1. The Kier molecular flexibility index (Phi) is 4.37. The zero-order valence-corrected chi connectivity index (χ0v) is 14.2. The second-order valence-corrected chi connectivity index (χ2v) is 7.04. The van der Waals surface area contributed by atoms with E-state index >= 15 is 0 Å². The van der Waals surface area contributed by atoms with Crippen molar-refractivity contribution in [3.63, 3.8) is 0 Å². The van der Waals surface area contributed by atoms with Crippen LogP contribution >= 0.6 is 0 Å². The van der Waals surface area contributed by atoms with E-state index in [0.29, 0.717) is 6.04 Å². The van der Waals surface area contributed by atoms with E-state index < -0.39 is 0 Å². The number of carbonyl (C=O) groups is 1. The van der Waals surface area contributed by atoms with Gasteiger partial charge in [0, 0.05) is 37.1 Å². The zero-order valence-electron chi connectivity index (χ0n) is 14.2. The average molecular weight is 323 g/mol. The largest absolute Gasteiger partial charge is 0.336 e. The summed E-state index contributed by atoms with van der Waals surface area (Å²) in [5.74, 6) is 0.217. The molecule has 4 rings (SSSR count). The van der Waals surface area contributed by atoms with Crippen molar-refractivity contribution >= 4 is 5.91 Å². The van der Waals surface area contributed by atoms with Gasteiger partial charge in [0.05, 0.1) is 0 Å². The van der Waals surface area contributed by atoms with Crippen molar-refractivity contribution in [1.29, 1.82) is 0 Å². The Labute approximate surface area is 143 Å². The number of aryl methyl sites for hydroxylation is 3. The molecule has 0 radical (unpaired) electrons. The van der Waals surface area contributed by atoms with Crippen LogP contribution in [0.3, 0.4) is 0 Å². The van der Waals surface area contributed by atoms with E-state index in [4.69, 9.17) is 0 Å². The minimum atomic E-state index is 0.217. The maximum atomic E-state index is 13.1. The van der Waals surface area contributed by atoms with Crippen LogP contribution in [0, 0.1) is 0 Å². The third kappa shape index (κ3) is 3.10. The molecule has 1 aromatic heterocycles. The van der Waals surface area contributed by atoms with Crippen molar-refractivity contribution in [2.24, 2.45) is 0 Å². The van der Waals surface area contributed by atoms with E-state index in [2.05, 4.69) is 22.1 Å². The summed E-state index contributed by atoms with van der Waals surface area (Å²) >= 11 is 0. The van der Waals surface area contributed by atoms with Gasteiger partial charge in [-0.2, -0.15) is 5.10 Å². The first-order valence-electron chi connectivity index (χ1n) is 9.21. The fraction of sp³-hybridized carbons (Fsp3) is 0.500. The molecule has 0 N–H and O–H groups in total. The number of benzene rings is 1. The van der Waals surface area contributed by atoms with Crippen LogP contribution in [0.25, 0.3) is 0 Å². The third-order valence-corrected chi connectivity index (χ3v) is 5.48.